The van der Waals surface area contributed by atoms with Crippen molar-refractivity contribution in [2.75, 3.05) is 13.2 Å². The van der Waals surface area contributed by atoms with Crippen LogP contribution < -0.4 is 0 Å². The zero-order valence-corrected chi connectivity index (χ0v) is 7.30. The monoisotopic (exact) mass is 156 g/mol. The summed E-state index contributed by atoms with van der Waals surface area (Å²) in [5.74, 6) is 0. The molecular formula is C9H16O2. The highest BCUT2D eigenvalue weighted by Crippen LogP contribution is 2.23. The summed E-state index contributed by atoms with van der Waals surface area (Å²) in [5.41, 5.74) is 0.178. The number of rotatable bonds is 2. The Hall–Kier alpha value is -0.340. The van der Waals surface area contributed by atoms with Crippen molar-refractivity contribution in [3.63, 3.8) is 0 Å². The van der Waals surface area contributed by atoms with Crippen molar-refractivity contribution in [1.29, 1.82) is 0 Å². The minimum Gasteiger partial charge on any atom is -0.352 e. The summed E-state index contributed by atoms with van der Waals surface area (Å²) < 4.78 is 10.9. The topological polar surface area (TPSA) is 18.5 Å². The Morgan fingerprint density at radius 3 is 2.45 bits per heavy atom. The standard InChI is InChI=1S/C9H16O2/c1-4-5-8-10-6-9(2,3)7-11-8/h4,8H,1,5-7H2,2-3H3. The molecule has 0 aromatic rings. The van der Waals surface area contributed by atoms with E-state index in [0.29, 0.717) is 0 Å². The van der Waals surface area contributed by atoms with Gasteiger partial charge in [0.05, 0.1) is 13.2 Å². The van der Waals surface area contributed by atoms with Gasteiger partial charge >= 0.3 is 0 Å². The quantitative estimate of drug-likeness (QED) is 0.569. The zero-order valence-electron chi connectivity index (χ0n) is 7.30. The van der Waals surface area contributed by atoms with Gasteiger partial charge < -0.3 is 9.47 Å². The summed E-state index contributed by atoms with van der Waals surface area (Å²) in [7, 11) is 0. The lowest BCUT2D eigenvalue weighted by atomic mass is 9.95. The molecule has 0 unspecified atom stereocenters. The van der Waals surface area contributed by atoms with Gasteiger partial charge in [-0.25, -0.2) is 0 Å². The summed E-state index contributed by atoms with van der Waals surface area (Å²) >= 11 is 0. The lowest BCUT2D eigenvalue weighted by Gasteiger charge is -2.34. The van der Waals surface area contributed by atoms with Gasteiger partial charge in [-0.3, -0.25) is 0 Å². The first kappa shape index (κ1) is 8.75. The molecule has 1 aliphatic rings. The van der Waals surface area contributed by atoms with Gasteiger partial charge in [0.2, 0.25) is 0 Å². The fourth-order valence-electron chi connectivity index (χ4n) is 0.999. The SMILES string of the molecule is C=CCC1OCC(C)(C)CO1. The maximum absolute atomic E-state index is 5.44. The number of ether oxygens (including phenoxy) is 2. The molecule has 1 aliphatic heterocycles. The predicted octanol–water partition coefficient (Wildman–Crippen LogP) is 1.96. The van der Waals surface area contributed by atoms with Gasteiger partial charge in [-0.05, 0) is 0 Å². The van der Waals surface area contributed by atoms with Crippen molar-refractivity contribution >= 4 is 0 Å². The minimum atomic E-state index is -0.0551. The van der Waals surface area contributed by atoms with E-state index in [1.165, 1.54) is 0 Å². The molecule has 2 nitrogen and oxygen atoms in total. The molecule has 2 heteroatoms. The fourth-order valence-corrected chi connectivity index (χ4v) is 0.999. The summed E-state index contributed by atoms with van der Waals surface area (Å²) in [6.07, 6.45) is 2.56. The summed E-state index contributed by atoms with van der Waals surface area (Å²) in [6, 6.07) is 0. The van der Waals surface area contributed by atoms with Crippen LogP contribution >= 0.6 is 0 Å². The molecule has 0 amide bonds. The molecule has 1 rings (SSSR count). The first-order chi connectivity index (χ1) is 5.14. The Morgan fingerprint density at radius 2 is 2.00 bits per heavy atom. The van der Waals surface area contributed by atoms with Gasteiger partial charge in [-0.1, -0.05) is 19.9 Å². The molecule has 0 bridgehead atoms. The average Bonchev–Trinajstić information content (AvgIpc) is 1.94. The van der Waals surface area contributed by atoms with Crippen LogP contribution in [-0.4, -0.2) is 19.5 Å². The highest BCUT2D eigenvalue weighted by molar-refractivity contribution is 4.75. The van der Waals surface area contributed by atoms with Crippen LogP contribution in [0.1, 0.15) is 20.3 Å². The minimum absolute atomic E-state index is 0.0551. The van der Waals surface area contributed by atoms with Gasteiger partial charge in [0.25, 0.3) is 0 Å². The second-order valence-corrected chi connectivity index (χ2v) is 3.74. The Morgan fingerprint density at radius 1 is 1.45 bits per heavy atom. The third-order valence-electron chi connectivity index (χ3n) is 1.68. The van der Waals surface area contributed by atoms with Gasteiger partial charge in [0.1, 0.15) is 0 Å². The van der Waals surface area contributed by atoms with E-state index in [4.69, 9.17) is 9.47 Å². The molecule has 1 heterocycles. The smallest absolute Gasteiger partial charge is 0.161 e. The van der Waals surface area contributed by atoms with Crippen LogP contribution in [0.4, 0.5) is 0 Å². The van der Waals surface area contributed by atoms with Gasteiger partial charge in [-0.2, -0.15) is 0 Å². The molecule has 1 saturated heterocycles. The van der Waals surface area contributed by atoms with Crippen molar-refractivity contribution in [2.24, 2.45) is 5.41 Å². The highest BCUT2D eigenvalue weighted by atomic mass is 16.7. The third-order valence-corrected chi connectivity index (χ3v) is 1.68. The van der Waals surface area contributed by atoms with E-state index in [-0.39, 0.29) is 11.7 Å². The molecule has 64 valence electrons. The van der Waals surface area contributed by atoms with E-state index in [2.05, 4.69) is 20.4 Å². The molecule has 0 aromatic carbocycles. The first-order valence-corrected chi connectivity index (χ1v) is 3.98. The summed E-state index contributed by atoms with van der Waals surface area (Å²) in [5, 5.41) is 0. The lowest BCUT2D eigenvalue weighted by molar-refractivity contribution is -0.219. The molecule has 11 heavy (non-hydrogen) atoms. The van der Waals surface area contributed by atoms with Gasteiger partial charge in [0, 0.05) is 11.8 Å². The Labute approximate surface area is 68.2 Å². The molecule has 0 aliphatic carbocycles. The second kappa shape index (κ2) is 3.37. The average molecular weight is 156 g/mol. The molecule has 0 atom stereocenters. The zero-order chi connectivity index (χ0) is 8.32. The lowest BCUT2D eigenvalue weighted by Crippen LogP contribution is -2.37. The molecule has 0 radical (unpaired) electrons. The van der Waals surface area contributed by atoms with Crippen LogP contribution in [-0.2, 0) is 9.47 Å². The van der Waals surface area contributed by atoms with Crippen LogP contribution in [0.2, 0.25) is 0 Å². The van der Waals surface area contributed by atoms with E-state index in [9.17, 15) is 0 Å². The molecule has 0 saturated carbocycles. The highest BCUT2D eigenvalue weighted by Gasteiger charge is 2.27. The normalized spacial score (nSPS) is 24.9. The number of hydrogen-bond acceptors (Lipinski definition) is 2. The Balaban J connectivity index is 2.30. The van der Waals surface area contributed by atoms with Crippen LogP contribution in [0.5, 0.6) is 0 Å². The molecule has 0 N–H and O–H groups in total. The molecular weight excluding hydrogens is 140 g/mol. The molecule has 0 aromatic heterocycles. The van der Waals surface area contributed by atoms with Crippen molar-refractivity contribution < 1.29 is 9.47 Å². The van der Waals surface area contributed by atoms with E-state index < -0.39 is 0 Å². The largest absolute Gasteiger partial charge is 0.352 e. The van der Waals surface area contributed by atoms with E-state index >= 15 is 0 Å². The fraction of sp³-hybridized carbons (Fsp3) is 0.778. The Bertz CT molecular complexity index is 130. The second-order valence-electron chi connectivity index (χ2n) is 3.74. The van der Waals surface area contributed by atoms with Crippen molar-refractivity contribution in [1.82, 2.24) is 0 Å². The number of hydrogen-bond donors (Lipinski definition) is 0. The first-order valence-electron chi connectivity index (χ1n) is 3.98. The van der Waals surface area contributed by atoms with Crippen molar-refractivity contribution in [2.45, 2.75) is 26.6 Å². The van der Waals surface area contributed by atoms with Crippen LogP contribution in [0, 0.1) is 5.41 Å². The Kier molecular flexibility index (Phi) is 2.68. The molecule has 0 spiro atoms. The predicted molar refractivity (Wildman–Crippen MR) is 44.3 cm³/mol. The molecule has 1 fully saturated rings. The third kappa shape index (κ3) is 2.64. The van der Waals surface area contributed by atoms with E-state index in [0.717, 1.165) is 19.6 Å². The maximum atomic E-state index is 5.44. The van der Waals surface area contributed by atoms with Crippen molar-refractivity contribution in [3.05, 3.63) is 12.7 Å². The van der Waals surface area contributed by atoms with E-state index in [1.54, 1.807) is 0 Å². The van der Waals surface area contributed by atoms with Crippen LogP contribution in [0.15, 0.2) is 12.7 Å². The summed E-state index contributed by atoms with van der Waals surface area (Å²) in [4.78, 5) is 0. The van der Waals surface area contributed by atoms with Crippen LogP contribution in [0.25, 0.3) is 0 Å². The van der Waals surface area contributed by atoms with Crippen LogP contribution in [0.3, 0.4) is 0 Å². The van der Waals surface area contributed by atoms with E-state index in [1.807, 2.05) is 6.08 Å². The summed E-state index contributed by atoms with van der Waals surface area (Å²) in [6.45, 7) is 9.47. The van der Waals surface area contributed by atoms with Gasteiger partial charge in [0.15, 0.2) is 6.29 Å². The maximum Gasteiger partial charge on any atom is 0.161 e. The van der Waals surface area contributed by atoms with Gasteiger partial charge in [-0.15, -0.1) is 6.58 Å². The van der Waals surface area contributed by atoms with Crippen molar-refractivity contribution in [3.8, 4) is 0 Å².